The van der Waals surface area contributed by atoms with Crippen molar-refractivity contribution in [3.8, 4) is 28.7 Å². The Kier molecular flexibility index (Phi) is 7.55. The van der Waals surface area contributed by atoms with Gasteiger partial charge in [-0.1, -0.05) is 18.2 Å². The minimum atomic E-state index is -1.05. The zero-order chi connectivity index (χ0) is 28.4. The van der Waals surface area contributed by atoms with Gasteiger partial charge in [0, 0.05) is 47.0 Å². The highest BCUT2D eigenvalue weighted by atomic mass is 16.5. The van der Waals surface area contributed by atoms with Gasteiger partial charge in [-0.3, -0.25) is 4.79 Å². The number of carboxylic acids is 1. The van der Waals surface area contributed by atoms with Gasteiger partial charge in [-0.05, 0) is 47.7 Å². The molecule has 0 bridgehead atoms. The standard InChI is InChI=1S/C31H31NO8/c1-36-21-14-23-31(27(15-21)39-4)29(17-5-8-20(9-6-17)40-16-28(34)35)30-22(32-23)11-19(12-24(30)33)18-7-10-25(37-2)26(13-18)38-3/h5-10,13-15,19,29,32H,11-12,16H2,1-4H3,(H,34,35)/t19-,29-/m0/s1. The molecule has 208 valence electrons. The summed E-state index contributed by atoms with van der Waals surface area (Å²) in [5.41, 5.74) is 5.01. The monoisotopic (exact) mass is 545 g/mol. The van der Waals surface area contributed by atoms with E-state index in [0.717, 1.165) is 28.1 Å². The van der Waals surface area contributed by atoms with Crippen LogP contribution in [0.4, 0.5) is 5.69 Å². The lowest BCUT2D eigenvalue weighted by atomic mass is 9.71. The van der Waals surface area contributed by atoms with Crippen LogP contribution in [-0.4, -0.2) is 51.9 Å². The first-order valence-corrected chi connectivity index (χ1v) is 12.8. The number of carbonyl (C=O) groups excluding carboxylic acids is 1. The summed E-state index contributed by atoms with van der Waals surface area (Å²) in [5.74, 6) is 1.43. The van der Waals surface area contributed by atoms with Crippen LogP contribution in [0, 0.1) is 0 Å². The molecule has 0 saturated heterocycles. The van der Waals surface area contributed by atoms with E-state index in [4.69, 9.17) is 28.8 Å². The van der Waals surface area contributed by atoms with Gasteiger partial charge < -0.3 is 34.1 Å². The number of methoxy groups -OCH3 is 4. The van der Waals surface area contributed by atoms with E-state index in [9.17, 15) is 9.59 Å². The molecular formula is C31H31NO8. The molecule has 3 aromatic carbocycles. The van der Waals surface area contributed by atoms with Crippen LogP contribution in [0.2, 0.25) is 0 Å². The summed E-state index contributed by atoms with van der Waals surface area (Å²) in [6.07, 6.45) is 0.950. The Balaban J connectivity index is 1.59. The normalized spacial score (nSPS) is 17.8. The first-order chi connectivity index (χ1) is 19.4. The number of hydrogen-bond donors (Lipinski definition) is 2. The smallest absolute Gasteiger partial charge is 0.341 e. The van der Waals surface area contributed by atoms with Crippen molar-refractivity contribution in [2.75, 3.05) is 40.4 Å². The van der Waals surface area contributed by atoms with E-state index in [2.05, 4.69) is 5.32 Å². The summed E-state index contributed by atoms with van der Waals surface area (Å²) >= 11 is 0. The van der Waals surface area contributed by atoms with Crippen LogP contribution in [-0.2, 0) is 9.59 Å². The topological polar surface area (TPSA) is 113 Å². The fraction of sp³-hybridized carbons (Fsp3) is 0.290. The van der Waals surface area contributed by atoms with Gasteiger partial charge in [0.2, 0.25) is 0 Å². The summed E-state index contributed by atoms with van der Waals surface area (Å²) < 4.78 is 27.5. The molecule has 0 aromatic heterocycles. The zero-order valence-electron chi connectivity index (χ0n) is 22.8. The summed E-state index contributed by atoms with van der Waals surface area (Å²) in [6, 6.07) is 16.6. The minimum absolute atomic E-state index is 0.0354. The molecule has 1 aliphatic carbocycles. The molecular weight excluding hydrogens is 514 g/mol. The average Bonchev–Trinajstić information content (AvgIpc) is 2.98. The molecule has 1 aliphatic heterocycles. The predicted molar refractivity (Wildman–Crippen MR) is 148 cm³/mol. The number of ketones is 1. The Labute approximate surface area is 232 Å². The maximum Gasteiger partial charge on any atom is 0.341 e. The van der Waals surface area contributed by atoms with Crippen LogP contribution in [0.15, 0.2) is 65.9 Å². The summed E-state index contributed by atoms with van der Waals surface area (Å²) in [7, 11) is 6.38. The Bertz CT molecular complexity index is 1480. The summed E-state index contributed by atoms with van der Waals surface area (Å²) in [5, 5.41) is 12.5. The van der Waals surface area contributed by atoms with Crippen molar-refractivity contribution in [2.45, 2.75) is 24.7 Å². The number of rotatable bonds is 9. The van der Waals surface area contributed by atoms with Gasteiger partial charge in [-0.25, -0.2) is 4.79 Å². The fourth-order valence-corrected chi connectivity index (χ4v) is 5.56. The number of anilines is 1. The molecule has 0 spiro atoms. The number of aliphatic carboxylic acids is 1. The van der Waals surface area contributed by atoms with Crippen molar-refractivity contribution < 1.29 is 38.4 Å². The van der Waals surface area contributed by atoms with Gasteiger partial charge in [0.1, 0.15) is 17.2 Å². The van der Waals surface area contributed by atoms with Crippen LogP contribution in [0.25, 0.3) is 0 Å². The van der Waals surface area contributed by atoms with Crippen molar-refractivity contribution in [3.63, 3.8) is 0 Å². The highest BCUT2D eigenvalue weighted by Crippen LogP contribution is 2.52. The molecule has 0 amide bonds. The first kappa shape index (κ1) is 26.9. The van der Waals surface area contributed by atoms with E-state index in [0.29, 0.717) is 47.2 Å². The third-order valence-electron chi connectivity index (χ3n) is 7.40. The van der Waals surface area contributed by atoms with E-state index < -0.39 is 18.5 Å². The van der Waals surface area contributed by atoms with Gasteiger partial charge in [-0.2, -0.15) is 0 Å². The number of fused-ring (bicyclic) bond motifs is 1. The molecule has 3 aromatic rings. The molecule has 2 N–H and O–H groups in total. The minimum Gasteiger partial charge on any atom is -0.497 e. The number of allylic oxidation sites excluding steroid dienone is 2. The quantitative estimate of drug-likeness (QED) is 0.377. The van der Waals surface area contributed by atoms with Crippen molar-refractivity contribution in [2.24, 2.45) is 0 Å². The number of hydrogen-bond acceptors (Lipinski definition) is 8. The second-order valence-electron chi connectivity index (χ2n) is 9.64. The van der Waals surface area contributed by atoms with Crippen molar-refractivity contribution in [3.05, 3.63) is 82.6 Å². The van der Waals surface area contributed by atoms with E-state index in [1.165, 1.54) is 0 Å². The van der Waals surface area contributed by atoms with E-state index in [1.807, 2.05) is 42.5 Å². The molecule has 5 rings (SSSR count). The molecule has 0 unspecified atom stereocenters. The number of ether oxygens (including phenoxy) is 5. The van der Waals surface area contributed by atoms with Crippen molar-refractivity contribution >= 4 is 17.4 Å². The number of carboxylic acid groups (broad SMARTS) is 1. The van der Waals surface area contributed by atoms with Gasteiger partial charge in [-0.15, -0.1) is 0 Å². The maximum atomic E-state index is 13.9. The van der Waals surface area contributed by atoms with Crippen LogP contribution in [0.5, 0.6) is 28.7 Å². The van der Waals surface area contributed by atoms with Crippen LogP contribution in [0.1, 0.15) is 41.4 Å². The van der Waals surface area contributed by atoms with Gasteiger partial charge in [0.15, 0.2) is 23.9 Å². The summed E-state index contributed by atoms with van der Waals surface area (Å²) in [6.45, 7) is -0.436. The molecule has 1 heterocycles. The van der Waals surface area contributed by atoms with Crippen LogP contribution < -0.4 is 29.0 Å². The van der Waals surface area contributed by atoms with Gasteiger partial charge >= 0.3 is 5.97 Å². The lowest BCUT2D eigenvalue weighted by molar-refractivity contribution is -0.139. The van der Waals surface area contributed by atoms with E-state index in [-0.39, 0.29) is 11.7 Å². The zero-order valence-corrected chi connectivity index (χ0v) is 22.8. The third-order valence-corrected chi connectivity index (χ3v) is 7.40. The molecule has 40 heavy (non-hydrogen) atoms. The summed E-state index contributed by atoms with van der Waals surface area (Å²) in [4.78, 5) is 24.9. The Morgan fingerprint density at radius 3 is 2.17 bits per heavy atom. The molecule has 9 nitrogen and oxygen atoms in total. The number of benzene rings is 3. The highest BCUT2D eigenvalue weighted by molar-refractivity contribution is 6.02. The second-order valence-corrected chi connectivity index (χ2v) is 9.64. The highest BCUT2D eigenvalue weighted by Gasteiger charge is 2.40. The Hall–Kier alpha value is -4.66. The predicted octanol–water partition coefficient (Wildman–Crippen LogP) is 5.14. The Morgan fingerprint density at radius 1 is 0.825 bits per heavy atom. The van der Waals surface area contributed by atoms with Crippen molar-refractivity contribution in [1.82, 2.24) is 0 Å². The number of carbonyl (C=O) groups is 2. The Morgan fingerprint density at radius 2 is 1.52 bits per heavy atom. The van der Waals surface area contributed by atoms with E-state index >= 15 is 0 Å². The first-order valence-electron chi connectivity index (χ1n) is 12.8. The van der Waals surface area contributed by atoms with Gasteiger partial charge in [0.25, 0.3) is 0 Å². The van der Waals surface area contributed by atoms with Crippen molar-refractivity contribution in [1.29, 1.82) is 0 Å². The molecule has 0 fully saturated rings. The lowest BCUT2D eigenvalue weighted by Gasteiger charge is -2.37. The molecule has 0 radical (unpaired) electrons. The maximum absolute atomic E-state index is 13.9. The third kappa shape index (κ3) is 5.02. The molecule has 0 saturated carbocycles. The number of nitrogens with one attached hydrogen (secondary N) is 1. The van der Waals surface area contributed by atoms with Crippen LogP contribution in [0.3, 0.4) is 0 Å². The SMILES string of the molecule is COc1cc2c(c(OC)c1)[C@@H](c1ccc(OCC(=O)O)cc1)C1=C(C[C@H](c3ccc(OC)c(OC)c3)CC1=O)N2. The average molecular weight is 546 g/mol. The lowest BCUT2D eigenvalue weighted by Crippen LogP contribution is -2.30. The largest absolute Gasteiger partial charge is 0.497 e. The molecule has 2 atom stereocenters. The van der Waals surface area contributed by atoms with Gasteiger partial charge in [0.05, 0.1) is 28.4 Å². The van der Waals surface area contributed by atoms with Crippen LogP contribution >= 0.6 is 0 Å². The molecule has 9 heteroatoms. The second kappa shape index (κ2) is 11.2. The fourth-order valence-electron chi connectivity index (χ4n) is 5.56. The molecule has 2 aliphatic rings. The van der Waals surface area contributed by atoms with E-state index in [1.54, 1.807) is 40.6 Å². The number of Topliss-reactive ketones (excluding diaryl/α,β-unsaturated/α-hetero) is 1.